The van der Waals surface area contributed by atoms with Gasteiger partial charge < -0.3 is 0 Å². The van der Waals surface area contributed by atoms with Crippen molar-refractivity contribution < 1.29 is 0 Å². The van der Waals surface area contributed by atoms with Crippen molar-refractivity contribution in [1.82, 2.24) is 8.88 Å². The Morgan fingerprint density at radius 2 is 0.658 bits per heavy atom. The summed E-state index contributed by atoms with van der Waals surface area (Å²) < 4.78 is 38.8. The van der Waals surface area contributed by atoms with Crippen LogP contribution in [0.25, 0.3) is 0 Å². The van der Waals surface area contributed by atoms with Crippen LogP contribution in [0.4, 0.5) is 0 Å². The molecule has 3 aliphatic heterocycles. The Balaban J connectivity index is 2.75. The summed E-state index contributed by atoms with van der Waals surface area (Å²) in [6, 6.07) is 0. The van der Waals surface area contributed by atoms with E-state index in [-0.39, 0.29) is 13.1 Å². The molecule has 38 heavy (non-hydrogen) atoms. The average Bonchev–Trinajstić information content (AvgIpc) is 2.60. The van der Waals surface area contributed by atoms with Gasteiger partial charge in [0.25, 0.3) is 23.6 Å². The molecule has 3 aliphatic rings. The van der Waals surface area contributed by atoms with E-state index < -0.39 is 50.5 Å². The first-order valence-electron chi connectivity index (χ1n) is 10.1. The molecule has 0 aromatic rings. The number of hydrogen-bond acceptors (Lipinski definition) is 10. The number of fused-ring (bicyclic) bond motifs is 4. The second-order valence-corrected chi connectivity index (χ2v) is 42.1. The van der Waals surface area contributed by atoms with Crippen LogP contribution in [0.1, 0.15) is 39.5 Å². The molecule has 3 rings (SSSR count). The molecule has 0 radical (unpaired) electrons. The molecule has 3 heterocycles. The minimum Gasteiger partial charge on any atom is -0.185 e. The van der Waals surface area contributed by atoms with Crippen molar-refractivity contribution in [2.75, 3.05) is 13.1 Å². The molecule has 10 nitrogen and oxygen atoms in total. The zero-order valence-electron chi connectivity index (χ0n) is 18.8. The summed E-state index contributed by atoms with van der Waals surface area (Å²) in [7, 11) is 0. The van der Waals surface area contributed by atoms with E-state index in [1.807, 2.05) is 13.8 Å². The summed E-state index contributed by atoms with van der Waals surface area (Å²) >= 11 is 81.1. The number of rotatable bonds is 6. The standard InChI is InChI=1S/C8H18Cl12N10P8/c1-3-5-7-29-35(17)23-31(9,10)21-32(11,12)24-36(29,18)28-38(20)26-34(15,16)22-33(13,14)25-37(19,27-35)30(38)8-6-4-2/h3-8H2,1-2H3. The monoisotopic (exact) mass is 922 g/mol. The largest absolute Gasteiger partial charge is 0.257 e. The van der Waals surface area contributed by atoms with Gasteiger partial charge in [-0.15, -0.1) is 0 Å². The lowest BCUT2D eigenvalue weighted by molar-refractivity contribution is 0.626. The second-order valence-electron chi connectivity index (χ2n) is 7.42. The van der Waals surface area contributed by atoms with Crippen molar-refractivity contribution in [3.05, 3.63) is 0 Å². The van der Waals surface area contributed by atoms with Crippen molar-refractivity contribution in [2.45, 2.75) is 39.5 Å². The summed E-state index contributed by atoms with van der Waals surface area (Å²) in [4.78, 5) is 0. The fourth-order valence-corrected chi connectivity index (χ4v) is 56.2. The first kappa shape index (κ1) is 37.7. The fourth-order valence-electron chi connectivity index (χ4n) is 3.01. The maximum Gasteiger partial charge on any atom is 0.257 e. The molecule has 30 heteroatoms. The zero-order valence-corrected chi connectivity index (χ0v) is 35.1. The Kier molecular flexibility index (Phi) is 13.3. The third-order valence-corrected chi connectivity index (χ3v) is 42.7. The van der Waals surface area contributed by atoms with Crippen LogP contribution < -0.4 is 0 Å². The van der Waals surface area contributed by atoms with Gasteiger partial charge in [-0.2, -0.15) is 45.0 Å². The summed E-state index contributed by atoms with van der Waals surface area (Å²) in [6.07, 6.45) is 2.54. The van der Waals surface area contributed by atoms with Crippen LogP contribution in [0.15, 0.2) is 36.1 Å². The predicted molar refractivity (Wildman–Crippen MR) is 188 cm³/mol. The normalized spacial score (nSPS) is 39.5. The molecule has 0 aromatic heterocycles. The Morgan fingerprint density at radius 1 is 0.395 bits per heavy atom. The van der Waals surface area contributed by atoms with Crippen LogP contribution in [-0.4, -0.2) is 22.0 Å². The van der Waals surface area contributed by atoms with Crippen LogP contribution in [-0.2, 0) is 0 Å². The Labute approximate surface area is 280 Å². The summed E-state index contributed by atoms with van der Waals surface area (Å²) in [5, 5.41) is 0. The van der Waals surface area contributed by atoms with Crippen molar-refractivity contribution >= 4 is 185 Å². The van der Waals surface area contributed by atoms with Gasteiger partial charge in [-0.25, -0.2) is 0 Å². The first-order valence-corrected chi connectivity index (χ1v) is 34.3. The van der Waals surface area contributed by atoms with Gasteiger partial charge in [0, 0.05) is 13.1 Å². The molecular weight excluding hydrogens is 909 g/mol. The molecule has 0 aromatic carbocycles. The van der Waals surface area contributed by atoms with Gasteiger partial charge in [-0.1, -0.05) is 26.7 Å². The Hall–Kier alpha value is 5.24. The smallest absolute Gasteiger partial charge is 0.185 e. The molecule has 0 fully saturated rings. The second kappa shape index (κ2) is 13.4. The third kappa shape index (κ3) is 9.19. The number of unbranched alkanes of at least 4 members (excludes halogenated alkanes) is 2. The molecule has 0 spiro atoms. The quantitative estimate of drug-likeness (QED) is 0.248. The SMILES string of the molecule is CCCCN1P2(Cl)=NP(Cl)(Cl)=NP(Cl)(Cl)=NP1(Cl)=NP1(Cl)=NP(Cl)(Cl)=NP(Cl)(Cl)=NP(Cl)(=N2)N1CCCC. The van der Waals surface area contributed by atoms with Crippen molar-refractivity contribution in [2.24, 2.45) is 36.1 Å². The predicted octanol–water partition coefficient (Wildman–Crippen LogP) is 18.7. The van der Waals surface area contributed by atoms with Gasteiger partial charge >= 0.3 is 0 Å². The number of halogens is 12. The lowest BCUT2D eigenvalue weighted by Crippen LogP contribution is -2.19. The molecule has 0 N–H and O–H groups in total. The molecule has 0 amide bonds. The fraction of sp³-hybridized carbons (Fsp3) is 1.00. The van der Waals surface area contributed by atoms with Gasteiger partial charge in [0.1, 0.15) is 0 Å². The van der Waals surface area contributed by atoms with E-state index in [2.05, 4.69) is 27.1 Å². The summed E-state index contributed by atoms with van der Waals surface area (Å²) in [5.74, 6) is -14.7. The van der Waals surface area contributed by atoms with Gasteiger partial charge in [-0.05, 0) is 148 Å². The zero-order chi connectivity index (χ0) is 29.1. The van der Waals surface area contributed by atoms with E-state index in [9.17, 15) is 0 Å². The minimum absolute atomic E-state index is 0.170. The summed E-state index contributed by atoms with van der Waals surface area (Å²) in [5.41, 5.74) is 0. The van der Waals surface area contributed by atoms with E-state index in [1.54, 1.807) is 0 Å². The highest BCUT2D eigenvalue weighted by Crippen LogP contribution is 2.97. The molecule has 0 saturated heterocycles. The lowest BCUT2D eigenvalue weighted by Gasteiger charge is -2.42. The molecule has 4 atom stereocenters. The van der Waals surface area contributed by atoms with E-state index in [4.69, 9.17) is 144 Å². The highest BCUT2D eigenvalue weighted by Gasteiger charge is 2.52. The van der Waals surface area contributed by atoms with Gasteiger partial charge in [0.15, 0.2) is 0 Å². The van der Waals surface area contributed by atoms with Crippen LogP contribution in [0.3, 0.4) is 0 Å². The van der Waals surface area contributed by atoms with Gasteiger partial charge in [0.2, 0.25) is 26.8 Å². The third-order valence-electron chi connectivity index (χ3n) is 4.37. The maximum absolute atomic E-state index is 7.25. The number of hydrogen-bond donors (Lipinski definition) is 0. The van der Waals surface area contributed by atoms with Crippen molar-refractivity contribution in [3.63, 3.8) is 0 Å². The topological polar surface area (TPSA) is 105 Å². The van der Waals surface area contributed by atoms with Gasteiger partial charge in [0.05, 0.1) is 0 Å². The Morgan fingerprint density at radius 3 is 0.947 bits per heavy atom. The molecular formula is C8H18Cl12N10P8. The number of nitrogens with zero attached hydrogens (tertiary/aromatic N) is 10. The van der Waals surface area contributed by atoms with E-state index >= 15 is 0 Å². The molecule has 224 valence electrons. The minimum atomic E-state index is -3.81. The molecule has 4 bridgehead atoms. The van der Waals surface area contributed by atoms with E-state index in [0.717, 1.165) is 0 Å². The average molecular weight is 928 g/mol. The first-order chi connectivity index (χ1) is 17.0. The summed E-state index contributed by atoms with van der Waals surface area (Å²) in [6.45, 7) is -11.0. The Bertz CT molecular complexity index is 1320. The van der Waals surface area contributed by atoms with E-state index in [0.29, 0.717) is 25.7 Å². The van der Waals surface area contributed by atoms with Crippen LogP contribution in [0, 0.1) is 0 Å². The molecule has 0 aliphatic carbocycles. The van der Waals surface area contributed by atoms with Crippen LogP contribution >= 0.6 is 185 Å². The highest BCUT2D eigenvalue weighted by atomic mass is 35.9. The van der Waals surface area contributed by atoms with Gasteiger partial charge in [-0.3, -0.25) is 0 Å². The maximum atomic E-state index is 7.25. The van der Waals surface area contributed by atoms with Crippen LogP contribution in [0.5, 0.6) is 0 Å². The van der Waals surface area contributed by atoms with Crippen molar-refractivity contribution in [1.29, 1.82) is 0 Å². The van der Waals surface area contributed by atoms with Crippen molar-refractivity contribution in [3.8, 4) is 0 Å². The highest BCUT2D eigenvalue weighted by molar-refractivity contribution is 8.25. The van der Waals surface area contributed by atoms with E-state index in [1.165, 1.54) is 8.88 Å². The van der Waals surface area contributed by atoms with Crippen LogP contribution in [0.2, 0.25) is 0 Å². The lowest BCUT2D eigenvalue weighted by atomic mass is 10.3. The molecule has 4 unspecified atom stereocenters. The molecule has 0 saturated carbocycles.